The van der Waals surface area contributed by atoms with Gasteiger partial charge in [-0.2, -0.15) is 0 Å². The highest BCUT2D eigenvalue weighted by atomic mass is 32.2. The summed E-state index contributed by atoms with van der Waals surface area (Å²) in [6, 6.07) is 6.11. The van der Waals surface area contributed by atoms with Crippen LogP contribution in [-0.2, 0) is 4.79 Å². The monoisotopic (exact) mass is 239 g/mol. The Balaban J connectivity index is 2.53. The molecule has 4 nitrogen and oxygen atoms in total. The quantitative estimate of drug-likeness (QED) is 0.827. The molecule has 0 fully saturated rings. The lowest BCUT2D eigenvalue weighted by Crippen LogP contribution is -2.32. The Morgan fingerprint density at radius 2 is 1.94 bits per heavy atom. The maximum atomic E-state index is 11.6. The highest BCUT2D eigenvalue weighted by Gasteiger charge is 2.14. The van der Waals surface area contributed by atoms with Gasteiger partial charge < -0.3 is 10.8 Å². The van der Waals surface area contributed by atoms with Crippen LogP contribution in [0.3, 0.4) is 0 Å². The number of thioether (sulfide) groups is 1. The van der Waals surface area contributed by atoms with Crippen LogP contribution in [0, 0.1) is 6.92 Å². The van der Waals surface area contributed by atoms with E-state index < -0.39 is 12.0 Å². The van der Waals surface area contributed by atoms with Crippen LogP contribution in [0.1, 0.15) is 15.9 Å². The van der Waals surface area contributed by atoms with E-state index in [4.69, 9.17) is 10.8 Å². The number of carbonyl (C=O) groups is 2. The number of benzene rings is 1. The predicted molar refractivity (Wildman–Crippen MR) is 63.6 cm³/mol. The number of carboxylic acids is 1. The second-order valence-corrected chi connectivity index (χ2v) is 4.40. The third kappa shape index (κ3) is 3.67. The first kappa shape index (κ1) is 12.7. The summed E-state index contributed by atoms with van der Waals surface area (Å²) in [5, 5.41) is 8.40. The normalized spacial score (nSPS) is 12.1. The molecular formula is C11H13NO3S. The van der Waals surface area contributed by atoms with Crippen molar-refractivity contribution >= 4 is 22.8 Å². The Hall–Kier alpha value is -1.33. The van der Waals surface area contributed by atoms with Gasteiger partial charge in [-0.1, -0.05) is 41.6 Å². The molecule has 0 bridgehead atoms. The molecule has 0 amide bonds. The molecule has 0 radical (unpaired) electrons. The minimum absolute atomic E-state index is 0.0854. The molecule has 0 aliphatic carbocycles. The van der Waals surface area contributed by atoms with Crippen molar-refractivity contribution < 1.29 is 14.7 Å². The van der Waals surface area contributed by atoms with Gasteiger partial charge in [-0.15, -0.1) is 0 Å². The molecule has 0 aliphatic rings. The van der Waals surface area contributed by atoms with Crippen LogP contribution in [0.2, 0.25) is 0 Å². The molecule has 0 aromatic heterocycles. The largest absolute Gasteiger partial charge is 0.480 e. The van der Waals surface area contributed by atoms with E-state index in [2.05, 4.69) is 0 Å². The van der Waals surface area contributed by atoms with Gasteiger partial charge in [0.05, 0.1) is 0 Å². The highest BCUT2D eigenvalue weighted by molar-refractivity contribution is 8.14. The summed E-state index contributed by atoms with van der Waals surface area (Å²) in [5.74, 6) is -1.01. The smallest absolute Gasteiger partial charge is 0.321 e. The minimum atomic E-state index is -1.09. The van der Waals surface area contributed by atoms with E-state index in [9.17, 15) is 9.59 Å². The van der Waals surface area contributed by atoms with Gasteiger partial charge in [0.15, 0.2) is 0 Å². The number of carbonyl (C=O) groups excluding carboxylic acids is 1. The fourth-order valence-electron chi connectivity index (χ4n) is 1.01. The Labute approximate surface area is 97.8 Å². The average molecular weight is 239 g/mol. The van der Waals surface area contributed by atoms with Crippen LogP contribution in [0.15, 0.2) is 24.3 Å². The van der Waals surface area contributed by atoms with E-state index >= 15 is 0 Å². The molecule has 1 aromatic rings. The predicted octanol–water partition coefficient (Wildman–Crippen LogP) is 1.28. The van der Waals surface area contributed by atoms with Crippen LogP contribution in [-0.4, -0.2) is 28.0 Å². The zero-order valence-corrected chi connectivity index (χ0v) is 9.66. The first-order valence-corrected chi connectivity index (χ1v) is 5.71. The number of hydrogen-bond acceptors (Lipinski definition) is 4. The van der Waals surface area contributed by atoms with Gasteiger partial charge in [0.25, 0.3) is 0 Å². The van der Waals surface area contributed by atoms with Crippen molar-refractivity contribution in [3.8, 4) is 0 Å². The van der Waals surface area contributed by atoms with Crippen molar-refractivity contribution in [1.82, 2.24) is 0 Å². The van der Waals surface area contributed by atoms with Crippen LogP contribution in [0.25, 0.3) is 0 Å². The molecular weight excluding hydrogens is 226 g/mol. The van der Waals surface area contributed by atoms with Crippen molar-refractivity contribution in [2.24, 2.45) is 5.73 Å². The zero-order chi connectivity index (χ0) is 12.1. The van der Waals surface area contributed by atoms with Crippen molar-refractivity contribution in [1.29, 1.82) is 0 Å². The number of hydrogen-bond donors (Lipinski definition) is 2. The lowest BCUT2D eigenvalue weighted by atomic mass is 10.2. The molecule has 0 saturated heterocycles. The molecule has 0 heterocycles. The second kappa shape index (κ2) is 5.67. The number of rotatable bonds is 4. The molecule has 0 spiro atoms. The Morgan fingerprint density at radius 3 is 2.44 bits per heavy atom. The minimum Gasteiger partial charge on any atom is -0.480 e. The maximum Gasteiger partial charge on any atom is 0.321 e. The summed E-state index contributed by atoms with van der Waals surface area (Å²) in [5.41, 5.74) is 6.93. The number of aliphatic carboxylic acids is 1. The third-order valence-corrected chi connectivity index (χ3v) is 3.02. The van der Waals surface area contributed by atoms with Gasteiger partial charge in [0.2, 0.25) is 5.12 Å². The summed E-state index contributed by atoms with van der Waals surface area (Å²) in [6.07, 6.45) is 0. The Bertz CT molecular complexity index is 389. The van der Waals surface area contributed by atoms with Crippen molar-refractivity contribution in [2.45, 2.75) is 13.0 Å². The summed E-state index contributed by atoms with van der Waals surface area (Å²) < 4.78 is 0. The van der Waals surface area contributed by atoms with Crippen molar-refractivity contribution in [3.05, 3.63) is 35.4 Å². The van der Waals surface area contributed by atoms with Gasteiger partial charge in [-0.25, -0.2) is 0 Å². The fraction of sp³-hybridized carbons (Fsp3) is 0.273. The van der Waals surface area contributed by atoms with Crippen LogP contribution in [0.5, 0.6) is 0 Å². The zero-order valence-electron chi connectivity index (χ0n) is 8.84. The summed E-state index contributed by atoms with van der Waals surface area (Å²) in [4.78, 5) is 22.0. The molecule has 1 aromatic carbocycles. The first-order chi connectivity index (χ1) is 7.50. The molecule has 1 unspecified atom stereocenters. The number of nitrogens with two attached hydrogens (primary N) is 1. The first-order valence-electron chi connectivity index (χ1n) is 4.73. The topological polar surface area (TPSA) is 80.4 Å². The summed E-state index contributed by atoms with van der Waals surface area (Å²) in [6.45, 7) is 1.93. The molecule has 1 atom stereocenters. The van der Waals surface area contributed by atoms with E-state index in [0.29, 0.717) is 5.56 Å². The molecule has 0 aliphatic heterocycles. The highest BCUT2D eigenvalue weighted by Crippen LogP contribution is 2.13. The molecule has 3 N–H and O–H groups in total. The second-order valence-electron chi connectivity index (χ2n) is 3.41. The molecule has 16 heavy (non-hydrogen) atoms. The van der Waals surface area contributed by atoms with Crippen molar-refractivity contribution in [2.75, 3.05) is 5.75 Å². The van der Waals surface area contributed by atoms with Gasteiger partial charge in [0.1, 0.15) is 6.04 Å². The van der Waals surface area contributed by atoms with E-state index in [1.54, 1.807) is 12.1 Å². The van der Waals surface area contributed by atoms with Crippen LogP contribution in [0.4, 0.5) is 0 Å². The fourth-order valence-corrected chi connectivity index (χ4v) is 1.79. The van der Waals surface area contributed by atoms with Crippen LogP contribution < -0.4 is 5.73 Å². The lowest BCUT2D eigenvalue weighted by Gasteiger charge is -2.05. The summed E-state index contributed by atoms with van der Waals surface area (Å²) in [7, 11) is 0. The maximum absolute atomic E-state index is 11.6. The van der Waals surface area contributed by atoms with Crippen molar-refractivity contribution in [3.63, 3.8) is 0 Å². The molecule has 5 heteroatoms. The SMILES string of the molecule is Cc1ccc(C(=O)SCC(N)C(=O)O)cc1. The van der Waals surface area contributed by atoms with Gasteiger partial charge in [-0.3, -0.25) is 9.59 Å². The third-order valence-electron chi connectivity index (χ3n) is 2.00. The van der Waals surface area contributed by atoms with Gasteiger partial charge in [-0.05, 0) is 6.92 Å². The Morgan fingerprint density at radius 1 is 1.38 bits per heavy atom. The standard InChI is InChI=1S/C11H13NO3S/c1-7-2-4-8(5-3-7)11(15)16-6-9(12)10(13)14/h2-5,9H,6,12H2,1H3,(H,13,14). The van der Waals surface area contributed by atoms with E-state index in [1.807, 2.05) is 19.1 Å². The van der Waals surface area contributed by atoms with E-state index in [1.165, 1.54) is 0 Å². The van der Waals surface area contributed by atoms with E-state index in [-0.39, 0.29) is 10.9 Å². The average Bonchev–Trinajstić information content (AvgIpc) is 2.26. The molecule has 86 valence electrons. The van der Waals surface area contributed by atoms with Gasteiger partial charge >= 0.3 is 5.97 Å². The van der Waals surface area contributed by atoms with E-state index in [0.717, 1.165) is 17.3 Å². The Kier molecular flexibility index (Phi) is 4.52. The summed E-state index contributed by atoms with van der Waals surface area (Å²) >= 11 is 0.927. The molecule has 0 saturated carbocycles. The number of carboxylic acid groups (broad SMARTS) is 1. The lowest BCUT2D eigenvalue weighted by molar-refractivity contribution is -0.137. The molecule has 1 rings (SSSR count). The van der Waals surface area contributed by atoms with Crippen LogP contribution >= 0.6 is 11.8 Å². The van der Waals surface area contributed by atoms with Gasteiger partial charge in [0, 0.05) is 11.3 Å². The number of aryl methyl sites for hydroxylation is 1.